The second kappa shape index (κ2) is 8.88. The normalized spacial score (nSPS) is 11.9. The van der Waals surface area contributed by atoms with Gasteiger partial charge in [0.25, 0.3) is 5.91 Å². The Kier molecular flexibility index (Phi) is 5.85. The summed E-state index contributed by atoms with van der Waals surface area (Å²) in [6, 6.07) is 17.2. The second-order valence-electron chi connectivity index (χ2n) is 6.99. The number of furan rings is 1. The molecule has 2 heterocycles. The number of aliphatic hydroxyl groups excluding tert-OH is 1. The number of hydrogen-bond donors (Lipinski definition) is 6. The van der Waals surface area contributed by atoms with Gasteiger partial charge in [-0.05, 0) is 53.1 Å². The number of aliphatic hydroxyl groups is 1. The summed E-state index contributed by atoms with van der Waals surface area (Å²) in [5, 5.41) is 30.8. The van der Waals surface area contributed by atoms with Crippen LogP contribution in [0.2, 0.25) is 0 Å². The number of phenols is 1. The summed E-state index contributed by atoms with van der Waals surface area (Å²) in [6.07, 6.45) is 1.94. The van der Waals surface area contributed by atoms with Gasteiger partial charge in [-0.25, -0.2) is 0 Å². The Balaban J connectivity index is 1.56. The Morgan fingerprint density at radius 3 is 2.42 bits per heavy atom. The highest BCUT2D eigenvalue weighted by atomic mass is 16.5. The molecule has 31 heavy (non-hydrogen) atoms. The van der Waals surface area contributed by atoms with Crippen molar-refractivity contribution < 1.29 is 24.6 Å². The van der Waals surface area contributed by atoms with E-state index < -0.39 is 6.23 Å². The number of H-pyrrole nitrogens is 1. The molecule has 0 aliphatic heterocycles. The van der Waals surface area contributed by atoms with Gasteiger partial charge in [-0.2, -0.15) is 5.48 Å². The lowest BCUT2D eigenvalue weighted by atomic mass is 10.1. The van der Waals surface area contributed by atoms with Crippen molar-refractivity contribution >= 4 is 5.91 Å². The molecule has 1 atom stereocenters. The van der Waals surface area contributed by atoms with Gasteiger partial charge in [0.15, 0.2) is 6.23 Å². The zero-order valence-corrected chi connectivity index (χ0v) is 16.4. The summed E-state index contributed by atoms with van der Waals surface area (Å²) in [7, 11) is 0. The number of aromatic amines is 1. The SMILES string of the molecule is O=C(NCc1ccc([C@H](O)NO)cc1)c1[nH]c(-c2ccc(O)cc2)cc1-c1ccoc1. The van der Waals surface area contributed by atoms with E-state index in [9.17, 15) is 15.0 Å². The molecule has 0 unspecified atom stereocenters. The summed E-state index contributed by atoms with van der Waals surface area (Å²) in [5.74, 6) is -0.126. The van der Waals surface area contributed by atoms with Crippen molar-refractivity contribution in [2.45, 2.75) is 12.8 Å². The van der Waals surface area contributed by atoms with Gasteiger partial charge in [0, 0.05) is 23.4 Å². The van der Waals surface area contributed by atoms with Crippen molar-refractivity contribution in [2.75, 3.05) is 0 Å². The van der Waals surface area contributed by atoms with Crippen LogP contribution in [0.4, 0.5) is 0 Å². The Labute approximate surface area is 177 Å². The van der Waals surface area contributed by atoms with Crippen LogP contribution in [0.25, 0.3) is 22.4 Å². The van der Waals surface area contributed by atoms with Crippen molar-refractivity contribution in [1.82, 2.24) is 15.8 Å². The molecule has 0 fully saturated rings. The minimum Gasteiger partial charge on any atom is -0.508 e. The average Bonchev–Trinajstić information content (AvgIpc) is 3.48. The molecule has 0 saturated heterocycles. The summed E-state index contributed by atoms with van der Waals surface area (Å²) >= 11 is 0. The monoisotopic (exact) mass is 419 g/mol. The number of hydrogen-bond acceptors (Lipinski definition) is 6. The van der Waals surface area contributed by atoms with Crippen molar-refractivity contribution in [1.29, 1.82) is 0 Å². The first-order valence-electron chi connectivity index (χ1n) is 9.55. The molecule has 4 rings (SSSR count). The Morgan fingerprint density at radius 1 is 1.03 bits per heavy atom. The summed E-state index contributed by atoms with van der Waals surface area (Å²) in [5.41, 5.74) is 6.52. The predicted octanol–water partition coefficient (Wildman–Crippen LogP) is 3.55. The van der Waals surface area contributed by atoms with Gasteiger partial charge in [0.05, 0.1) is 12.5 Å². The standard InChI is InChI=1S/C23H21N3O5/c27-18-7-5-15(6-8-18)20-11-19(17-9-10-31-13-17)21(25-20)23(29)24-12-14-1-3-16(4-2-14)22(28)26-30/h1-11,13,22,25-28,30H,12H2,(H,24,29)/t22-/m0/s1. The fraction of sp³-hybridized carbons (Fsp3) is 0.0870. The minimum absolute atomic E-state index is 0.164. The van der Waals surface area contributed by atoms with Crippen molar-refractivity contribution in [3.05, 3.63) is 90.0 Å². The summed E-state index contributed by atoms with van der Waals surface area (Å²) < 4.78 is 5.18. The highest BCUT2D eigenvalue weighted by Gasteiger charge is 2.18. The molecular weight excluding hydrogens is 398 g/mol. The van der Waals surface area contributed by atoms with Crippen LogP contribution in [-0.4, -0.2) is 26.3 Å². The molecule has 158 valence electrons. The molecule has 8 nitrogen and oxygen atoms in total. The molecule has 0 radical (unpaired) electrons. The van der Waals surface area contributed by atoms with Crippen LogP contribution in [0.1, 0.15) is 27.8 Å². The zero-order valence-electron chi connectivity index (χ0n) is 16.4. The fourth-order valence-corrected chi connectivity index (χ4v) is 3.24. The number of rotatable bonds is 7. The number of phenolic OH excluding ortho intramolecular Hbond substituents is 1. The van der Waals surface area contributed by atoms with Gasteiger partial charge >= 0.3 is 0 Å². The van der Waals surface area contributed by atoms with E-state index in [1.807, 2.05) is 6.07 Å². The van der Waals surface area contributed by atoms with Gasteiger partial charge in [-0.15, -0.1) is 0 Å². The first kappa shape index (κ1) is 20.4. The third kappa shape index (κ3) is 4.51. The largest absolute Gasteiger partial charge is 0.508 e. The molecule has 2 aromatic carbocycles. The van der Waals surface area contributed by atoms with Crippen molar-refractivity contribution in [3.63, 3.8) is 0 Å². The maximum absolute atomic E-state index is 13.0. The van der Waals surface area contributed by atoms with Crippen LogP contribution in [0.5, 0.6) is 5.75 Å². The van der Waals surface area contributed by atoms with Gasteiger partial charge in [-0.3, -0.25) is 4.79 Å². The number of carbonyl (C=O) groups is 1. The lowest BCUT2D eigenvalue weighted by molar-refractivity contribution is 0.000691. The smallest absolute Gasteiger partial charge is 0.268 e. The third-order valence-electron chi connectivity index (χ3n) is 4.93. The maximum Gasteiger partial charge on any atom is 0.268 e. The number of hydroxylamine groups is 1. The quantitative estimate of drug-likeness (QED) is 0.201. The summed E-state index contributed by atoms with van der Waals surface area (Å²) in [4.78, 5) is 16.1. The van der Waals surface area contributed by atoms with Gasteiger partial charge in [-0.1, -0.05) is 24.3 Å². The Hall–Kier alpha value is -3.85. The Morgan fingerprint density at radius 2 is 1.77 bits per heavy atom. The molecule has 2 aromatic heterocycles. The van der Waals surface area contributed by atoms with Crippen LogP contribution in [-0.2, 0) is 6.54 Å². The third-order valence-corrected chi connectivity index (χ3v) is 4.93. The van der Waals surface area contributed by atoms with E-state index in [1.54, 1.807) is 72.6 Å². The molecule has 0 bridgehead atoms. The van der Waals surface area contributed by atoms with Crippen LogP contribution in [0.15, 0.2) is 77.6 Å². The Bertz CT molecular complexity index is 1150. The van der Waals surface area contributed by atoms with Gasteiger partial charge in [0.1, 0.15) is 11.4 Å². The lowest BCUT2D eigenvalue weighted by Gasteiger charge is -2.10. The minimum atomic E-state index is -1.17. The molecule has 0 spiro atoms. The molecule has 6 N–H and O–H groups in total. The van der Waals surface area contributed by atoms with E-state index in [1.165, 1.54) is 0 Å². The molecular formula is C23H21N3O5. The average molecular weight is 419 g/mol. The van der Waals surface area contributed by atoms with Crippen LogP contribution < -0.4 is 10.8 Å². The van der Waals surface area contributed by atoms with Crippen LogP contribution in [0, 0.1) is 0 Å². The number of aromatic hydroxyl groups is 1. The first-order chi connectivity index (χ1) is 15.0. The molecule has 8 heteroatoms. The van der Waals surface area contributed by atoms with E-state index in [2.05, 4.69) is 10.3 Å². The highest BCUT2D eigenvalue weighted by Crippen LogP contribution is 2.31. The van der Waals surface area contributed by atoms with E-state index in [0.29, 0.717) is 16.8 Å². The number of benzene rings is 2. The van der Waals surface area contributed by atoms with E-state index >= 15 is 0 Å². The first-order valence-corrected chi connectivity index (χ1v) is 9.55. The second-order valence-corrected chi connectivity index (χ2v) is 6.99. The number of amides is 1. The predicted molar refractivity (Wildman–Crippen MR) is 113 cm³/mol. The number of carbonyl (C=O) groups excluding carboxylic acids is 1. The summed E-state index contributed by atoms with van der Waals surface area (Å²) in [6.45, 7) is 0.278. The lowest BCUT2D eigenvalue weighted by Crippen LogP contribution is -2.23. The zero-order chi connectivity index (χ0) is 21.8. The van der Waals surface area contributed by atoms with E-state index in [0.717, 1.165) is 22.4 Å². The number of aromatic nitrogens is 1. The highest BCUT2D eigenvalue weighted by molar-refractivity contribution is 6.00. The molecule has 4 aromatic rings. The maximum atomic E-state index is 13.0. The van der Waals surface area contributed by atoms with Crippen molar-refractivity contribution in [2.24, 2.45) is 0 Å². The molecule has 0 saturated carbocycles. The molecule has 1 amide bonds. The van der Waals surface area contributed by atoms with Gasteiger partial charge in [0.2, 0.25) is 0 Å². The van der Waals surface area contributed by atoms with E-state index in [4.69, 9.17) is 9.62 Å². The van der Waals surface area contributed by atoms with E-state index in [-0.39, 0.29) is 18.2 Å². The fourth-order valence-electron chi connectivity index (χ4n) is 3.24. The topological polar surface area (TPSA) is 131 Å². The number of nitrogens with one attached hydrogen (secondary N) is 3. The van der Waals surface area contributed by atoms with Gasteiger partial charge < -0.3 is 30.1 Å². The van der Waals surface area contributed by atoms with Crippen LogP contribution in [0.3, 0.4) is 0 Å². The molecule has 0 aliphatic rings. The molecule has 0 aliphatic carbocycles. The van der Waals surface area contributed by atoms with Crippen LogP contribution >= 0.6 is 0 Å². The van der Waals surface area contributed by atoms with Crippen molar-refractivity contribution in [3.8, 4) is 28.1 Å².